The highest BCUT2D eigenvalue weighted by Gasteiger charge is 2.13. The number of aromatic nitrogens is 1. The third kappa shape index (κ3) is 1.92. The van der Waals surface area contributed by atoms with Gasteiger partial charge in [-0.2, -0.15) is 0 Å². The molecule has 1 heterocycles. The van der Waals surface area contributed by atoms with Gasteiger partial charge in [0.15, 0.2) is 0 Å². The first-order valence-corrected chi connectivity index (χ1v) is 5.20. The Morgan fingerprint density at radius 1 is 1.50 bits per heavy atom. The van der Waals surface area contributed by atoms with Crippen LogP contribution in [-0.2, 0) is 0 Å². The molecule has 0 bridgehead atoms. The van der Waals surface area contributed by atoms with E-state index in [2.05, 4.69) is 10.3 Å². The zero-order valence-corrected chi connectivity index (χ0v) is 9.03. The van der Waals surface area contributed by atoms with Crippen molar-refractivity contribution in [3.8, 4) is 0 Å². The van der Waals surface area contributed by atoms with Crippen LogP contribution in [0, 0.1) is 0 Å². The molecule has 2 rings (SSSR count). The third-order valence-electron chi connectivity index (χ3n) is 2.49. The lowest BCUT2D eigenvalue weighted by Crippen LogP contribution is -2.34. The van der Waals surface area contributed by atoms with Gasteiger partial charge in [0.1, 0.15) is 0 Å². The normalized spacial score (nSPS) is 12.6. The van der Waals surface area contributed by atoms with Crippen molar-refractivity contribution < 1.29 is 9.90 Å². The van der Waals surface area contributed by atoms with Crippen molar-refractivity contribution in [2.24, 2.45) is 0 Å². The van der Waals surface area contributed by atoms with Gasteiger partial charge < -0.3 is 15.4 Å². The second kappa shape index (κ2) is 4.37. The minimum atomic E-state index is -0.235. The number of aliphatic hydroxyl groups excluding tert-OH is 1. The van der Waals surface area contributed by atoms with E-state index in [-0.39, 0.29) is 18.6 Å². The van der Waals surface area contributed by atoms with Crippen LogP contribution in [0.15, 0.2) is 30.5 Å². The van der Waals surface area contributed by atoms with Crippen LogP contribution in [0.5, 0.6) is 0 Å². The summed E-state index contributed by atoms with van der Waals surface area (Å²) in [6.45, 7) is 1.70. The van der Waals surface area contributed by atoms with Crippen molar-refractivity contribution in [3.63, 3.8) is 0 Å². The lowest BCUT2D eigenvalue weighted by molar-refractivity contribution is 0.0924. The fourth-order valence-corrected chi connectivity index (χ4v) is 1.61. The average molecular weight is 218 g/mol. The van der Waals surface area contributed by atoms with Gasteiger partial charge in [-0.15, -0.1) is 0 Å². The van der Waals surface area contributed by atoms with Crippen LogP contribution >= 0.6 is 0 Å². The van der Waals surface area contributed by atoms with Gasteiger partial charge in [-0.25, -0.2) is 0 Å². The first kappa shape index (κ1) is 10.7. The summed E-state index contributed by atoms with van der Waals surface area (Å²) in [7, 11) is 0. The number of benzene rings is 1. The number of H-pyrrole nitrogens is 1. The predicted molar refractivity (Wildman–Crippen MR) is 62.3 cm³/mol. The van der Waals surface area contributed by atoms with Crippen molar-refractivity contribution in [1.82, 2.24) is 10.3 Å². The standard InChI is InChI=1S/C12H14N2O2/c1-8(7-15)14-12(16)10-6-13-11-5-3-2-4-9(10)11/h2-6,8,13,15H,7H2,1H3,(H,14,16)/t8-/m0/s1. The number of para-hydroxylation sites is 1. The van der Waals surface area contributed by atoms with Crippen LogP contribution in [0.1, 0.15) is 17.3 Å². The van der Waals surface area contributed by atoms with E-state index in [1.54, 1.807) is 13.1 Å². The summed E-state index contributed by atoms with van der Waals surface area (Å²) in [4.78, 5) is 14.9. The molecule has 0 saturated heterocycles. The lowest BCUT2D eigenvalue weighted by atomic mass is 10.1. The second-order valence-electron chi connectivity index (χ2n) is 3.81. The van der Waals surface area contributed by atoms with Gasteiger partial charge >= 0.3 is 0 Å². The summed E-state index contributed by atoms with van der Waals surface area (Å²) in [5, 5.41) is 12.5. The Hall–Kier alpha value is -1.81. The second-order valence-corrected chi connectivity index (χ2v) is 3.81. The molecule has 1 amide bonds. The van der Waals surface area contributed by atoms with Crippen LogP contribution in [0.4, 0.5) is 0 Å². The van der Waals surface area contributed by atoms with E-state index >= 15 is 0 Å². The first-order valence-electron chi connectivity index (χ1n) is 5.20. The van der Waals surface area contributed by atoms with E-state index in [4.69, 9.17) is 5.11 Å². The molecule has 0 radical (unpaired) electrons. The van der Waals surface area contributed by atoms with E-state index in [0.717, 1.165) is 10.9 Å². The maximum Gasteiger partial charge on any atom is 0.253 e. The number of fused-ring (bicyclic) bond motifs is 1. The van der Waals surface area contributed by atoms with Gasteiger partial charge in [0, 0.05) is 23.1 Å². The molecule has 84 valence electrons. The fourth-order valence-electron chi connectivity index (χ4n) is 1.61. The summed E-state index contributed by atoms with van der Waals surface area (Å²) >= 11 is 0. The van der Waals surface area contributed by atoms with E-state index in [1.807, 2.05) is 24.3 Å². The SMILES string of the molecule is C[C@@H](CO)NC(=O)c1c[nH]c2ccccc12. The largest absolute Gasteiger partial charge is 0.394 e. The average Bonchev–Trinajstić information content (AvgIpc) is 2.72. The molecule has 3 N–H and O–H groups in total. The van der Waals surface area contributed by atoms with Gasteiger partial charge in [0.25, 0.3) is 5.91 Å². The van der Waals surface area contributed by atoms with Crippen LogP contribution in [0.3, 0.4) is 0 Å². The molecular formula is C12H14N2O2. The first-order chi connectivity index (χ1) is 7.72. The molecule has 0 spiro atoms. The van der Waals surface area contributed by atoms with Gasteiger partial charge in [-0.05, 0) is 13.0 Å². The minimum absolute atomic E-state index is 0.0614. The van der Waals surface area contributed by atoms with Crippen molar-refractivity contribution in [3.05, 3.63) is 36.0 Å². The Morgan fingerprint density at radius 3 is 3.00 bits per heavy atom. The van der Waals surface area contributed by atoms with Crippen LogP contribution in [-0.4, -0.2) is 28.6 Å². The number of hydrogen-bond acceptors (Lipinski definition) is 2. The summed E-state index contributed by atoms with van der Waals surface area (Å²) in [5.41, 5.74) is 1.54. The molecule has 4 nitrogen and oxygen atoms in total. The molecule has 0 unspecified atom stereocenters. The van der Waals surface area contributed by atoms with Crippen LogP contribution < -0.4 is 5.32 Å². The van der Waals surface area contributed by atoms with E-state index < -0.39 is 0 Å². The number of carbonyl (C=O) groups excluding carboxylic acids is 1. The number of aliphatic hydroxyl groups is 1. The molecule has 0 aliphatic heterocycles. The molecule has 4 heteroatoms. The summed E-state index contributed by atoms with van der Waals surface area (Å²) in [5.74, 6) is -0.168. The van der Waals surface area contributed by atoms with Gasteiger partial charge in [-0.1, -0.05) is 18.2 Å². The third-order valence-corrected chi connectivity index (χ3v) is 2.49. The molecule has 0 aliphatic carbocycles. The minimum Gasteiger partial charge on any atom is -0.394 e. The number of carbonyl (C=O) groups is 1. The Bertz CT molecular complexity index is 504. The Kier molecular flexibility index (Phi) is 2.92. The molecule has 0 aliphatic rings. The monoisotopic (exact) mass is 218 g/mol. The zero-order valence-electron chi connectivity index (χ0n) is 9.03. The molecule has 16 heavy (non-hydrogen) atoms. The number of nitrogens with one attached hydrogen (secondary N) is 2. The Morgan fingerprint density at radius 2 is 2.25 bits per heavy atom. The van der Waals surface area contributed by atoms with E-state index in [0.29, 0.717) is 5.56 Å². The van der Waals surface area contributed by atoms with Gasteiger partial charge in [0.2, 0.25) is 0 Å². The van der Waals surface area contributed by atoms with E-state index in [9.17, 15) is 4.79 Å². The lowest BCUT2D eigenvalue weighted by Gasteiger charge is -2.09. The number of hydrogen-bond donors (Lipinski definition) is 3. The fraction of sp³-hybridized carbons (Fsp3) is 0.250. The van der Waals surface area contributed by atoms with Crippen molar-refractivity contribution in [2.75, 3.05) is 6.61 Å². The zero-order chi connectivity index (χ0) is 11.5. The number of aromatic amines is 1. The van der Waals surface area contributed by atoms with Crippen molar-refractivity contribution in [1.29, 1.82) is 0 Å². The quantitative estimate of drug-likeness (QED) is 0.726. The van der Waals surface area contributed by atoms with Crippen molar-refractivity contribution in [2.45, 2.75) is 13.0 Å². The van der Waals surface area contributed by atoms with Gasteiger partial charge in [-0.3, -0.25) is 4.79 Å². The number of rotatable bonds is 3. The summed E-state index contributed by atoms with van der Waals surface area (Å²) in [6.07, 6.45) is 1.68. The highest BCUT2D eigenvalue weighted by atomic mass is 16.3. The number of amides is 1. The highest BCUT2D eigenvalue weighted by Crippen LogP contribution is 2.17. The topological polar surface area (TPSA) is 65.1 Å². The Labute approximate surface area is 93.3 Å². The molecule has 0 fully saturated rings. The maximum absolute atomic E-state index is 11.8. The molecule has 1 atom stereocenters. The maximum atomic E-state index is 11.8. The van der Waals surface area contributed by atoms with Crippen LogP contribution in [0.2, 0.25) is 0 Å². The summed E-state index contributed by atoms with van der Waals surface area (Å²) < 4.78 is 0. The smallest absolute Gasteiger partial charge is 0.253 e. The van der Waals surface area contributed by atoms with E-state index in [1.165, 1.54) is 0 Å². The van der Waals surface area contributed by atoms with Crippen LogP contribution in [0.25, 0.3) is 10.9 Å². The molecular weight excluding hydrogens is 204 g/mol. The Balaban J connectivity index is 2.30. The highest BCUT2D eigenvalue weighted by molar-refractivity contribution is 6.06. The summed E-state index contributed by atoms with van der Waals surface area (Å²) in [6, 6.07) is 7.38. The predicted octanol–water partition coefficient (Wildman–Crippen LogP) is 1.28. The van der Waals surface area contributed by atoms with Crippen molar-refractivity contribution >= 4 is 16.8 Å². The van der Waals surface area contributed by atoms with Gasteiger partial charge in [0.05, 0.1) is 12.2 Å². The molecule has 1 aromatic carbocycles. The molecule has 0 saturated carbocycles. The molecule has 1 aromatic heterocycles. The molecule has 2 aromatic rings.